The minimum Gasteiger partial charge on any atom is -0.352 e. The molecule has 44 valence electrons. The second-order valence-electron chi connectivity index (χ2n) is 1.02. The lowest BCUT2D eigenvalue weighted by atomic mass is 10.5. The molecular weight excluding hydrogens is 131 g/mol. The van der Waals surface area contributed by atoms with Crippen LogP contribution < -0.4 is 0 Å². The fraction of sp³-hybridized carbons (Fsp3) is 1.00. The van der Waals surface area contributed by atoms with Crippen LogP contribution in [0.1, 0.15) is 6.42 Å². The minimum atomic E-state index is -0.366. The summed E-state index contributed by atoms with van der Waals surface area (Å²) in [5, 5.41) is 0. The molecule has 2 nitrogen and oxygen atoms in total. The van der Waals surface area contributed by atoms with E-state index < -0.39 is 0 Å². The van der Waals surface area contributed by atoms with E-state index in [1.54, 1.807) is 0 Å². The quantitative estimate of drug-likeness (QED) is 0.344. The maximum atomic E-state index is 8.07. The summed E-state index contributed by atoms with van der Waals surface area (Å²) in [5.41, 5.74) is 0. The van der Waals surface area contributed by atoms with Crippen LogP contribution in [0.25, 0.3) is 0 Å². The Balaban J connectivity index is 2.45. The first-order valence-corrected chi connectivity index (χ1v) is 3.52. The summed E-state index contributed by atoms with van der Waals surface area (Å²) in [7, 11) is -0.366. The molecule has 0 bridgehead atoms. The monoisotopic (exact) mass is 140 g/mol. The highest BCUT2D eigenvalue weighted by Gasteiger charge is 1.80. The van der Waals surface area contributed by atoms with E-state index in [1.165, 1.54) is 0 Å². The molecule has 1 N–H and O–H groups in total. The molecule has 0 fully saturated rings. The zero-order valence-electron chi connectivity index (χ0n) is 3.92. The van der Waals surface area contributed by atoms with Crippen molar-refractivity contribution in [1.29, 1.82) is 0 Å². The number of hydrogen-bond donors (Lipinski definition) is 2. The van der Waals surface area contributed by atoms with Gasteiger partial charge < -0.3 is 9.42 Å². The zero-order chi connectivity index (χ0) is 5.54. The number of hydrogen-bond acceptors (Lipinski definition) is 3. The molecule has 0 rings (SSSR count). The van der Waals surface area contributed by atoms with E-state index in [0.29, 0.717) is 6.61 Å². The van der Waals surface area contributed by atoms with Gasteiger partial charge in [-0.2, -0.15) is 12.6 Å². The van der Waals surface area contributed by atoms with Gasteiger partial charge in [0, 0.05) is 0 Å². The third-order valence-electron chi connectivity index (χ3n) is 0.469. The first-order valence-electron chi connectivity index (χ1n) is 2.03. The molecule has 0 aliphatic carbocycles. The highest BCUT2D eigenvalue weighted by molar-refractivity contribution is 7.80. The summed E-state index contributed by atoms with van der Waals surface area (Å²) in [6, 6.07) is 0. The van der Waals surface area contributed by atoms with E-state index in [4.69, 9.17) is 4.89 Å². The summed E-state index contributed by atoms with van der Waals surface area (Å²) in [5.74, 6) is 0.824. The largest absolute Gasteiger partial charge is 0.352 e. The van der Waals surface area contributed by atoms with Crippen molar-refractivity contribution in [2.75, 3.05) is 12.4 Å². The lowest BCUT2D eigenvalue weighted by molar-refractivity contribution is 0.327. The maximum absolute atomic E-state index is 8.07. The Hall–Kier alpha value is 0.700. The molecule has 0 aromatic heterocycles. The Bertz CT molecular complexity index is 32.1. The zero-order valence-corrected chi connectivity index (χ0v) is 5.82. The molecule has 1 atom stereocenters. The topological polar surface area (TPSA) is 29.5 Å². The molecule has 4 heteroatoms. The van der Waals surface area contributed by atoms with Crippen LogP contribution in [0.3, 0.4) is 0 Å². The number of thiol groups is 1. The van der Waals surface area contributed by atoms with E-state index in [0.717, 1.165) is 12.2 Å². The van der Waals surface area contributed by atoms with E-state index in [2.05, 4.69) is 17.2 Å². The molecule has 0 amide bonds. The average molecular weight is 140 g/mol. The van der Waals surface area contributed by atoms with Crippen LogP contribution in [0.5, 0.6) is 0 Å². The molecule has 0 saturated heterocycles. The predicted molar refractivity (Wildman–Crippen MR) is 35.0 cm³/mol. The van der Waals surface area contributed by atoms with Gasteiger partial charge in [0.2, 0.25) is 0 Å². The third kappa shape index (κ3) is 6.70. The van der Waals surface area contributed by atoms with Crippen LogP contribution in [-0.2, 0) is 4.52 Å². The van der Waals surface area contributed by atoms with Crippen LogP contribution in [0, 0.1) is 0 Å². The molecule has 0 heterocycles. The minimum absolute atomic E-state index is 0.366. The van der Waals surface area contributed by atoms with Crippen molar-refractivity contribution in [1.82, 2.24) is 0 Å². The first kappa shape index (κ1) is 7.70. The SMILES string of the molecule is OPOCCCS. The fourth-order valence-electron chi connectivity index (χ4n) is 0.182. The van der Waals surface area contributed by atoms with Crippen molar-refractivity contribution in [3.8, 4) is 0 Å². The van der Waals surface area contributed by atoms with Gasteiger partial charge in [0.15, 0.2) is 9.03 Å². The maximum Gasteiger partial charge on any atom is 0.152 e. The van der Waals surface area contributed by atoms with Crippen LogP contribution in [0.2, 0.25) is 0 Å². The molecule has 0 radical (unpaired) electrons. The van der Waals surface area contributed by atoms with Crippen LogP contribution in [0.4, 0.5) is 0 Å². The second-order valence-corrected chi connectivity index (χ2v) is 1.94. The molecule has 0 aliphatic heterocycles. The van der Waals surface area contributed by atoms with Crippen molar-refractivity contribution in [3.63, 3.8) is 0 Å². The Labute approximate surface area is 50.6 Å². The van der Waals surface area contributed by atoms with Gasteiger partial charge in [-0.3, -0.25) is 0 Å². The van der Waals surface area contributed by atoms with Gasteiger partial charge >= 0.3 is 0 Å². The molecule has 1 unspecified atom stereocenters. The normalized spacial score (nSPS) is 11.1. The molecule has 0 aromatic carbocycles. The smallest absolute Gasteiger partial charge is 0.152 e. The van der Waals surface area contributed by atoms with E-state index in [1.807, 2.05) is 0 Å². The standard InChI is InChI=1S/C3H9O2PS/c4-6-5-2-1-3-7/h4,6-7H,1-3H2. The lowest BCUT2D eigenvalue weighted by Gasteiger charge is -1.92. The Morgan fingerprint density at radius 2 is 2.43 bits per heavy atom. The lowest BCUT2D eigenvalue weighted by Crippen LogP contribution is -1.84. The Morgan fingerprint density at radius 3 is 2.86 bits per heavy atom. The van der Waals surface area contributed by atoms with Gasteiger partial charge in [0.1, 0.15) is 0 Å². The van der Waals surface area contributed by atoms with Gasteiger partial charge in [-0.15, -0.1) is 0 Å². The van der Waals surface area contributed by atoms with Gasteiger partial charge in [-0.25, -0.2) is 0 Å². The van der Waals surface area contributed by atoms with E-state index >= 15 is 0 Å². The Kier molecular flexibility index (Phi) is 7.37. The molecule has 0 saturated carbocycles. The van der Waals surface area contributed by atoms with Gasteiger partial charge in [0.25, 0.3) is 0 Å². The first-order chi connectivity index (χ1) is 3.41. The summed E-state index contributed by atoms with van der Waals surface area (Å²) < 4.78 is 4.61. The van der Waals surface area contributed by atoms with Gasteiger partial charge in [-0.1, -0.05) is 0 Å². The van der Waals surface area contributed by atoms with Crippen LogP contribution in [0.15, 0.2) is 0 Å². The second kappa shape index (κ2) is 6.70. The summed E-state index contributed by atoms with van der Waals surface area (Å²) in [6.07, 6.45) is 0.913. The van der Waals surface area contributed by atoms with E-state index in [-0.39, 0.29) is 9.03 Å². The van der Waals surface area contributed by atoms with Gasteiger partial charge in [-0.05, 0) is 12.2 Å². The van der Waals surface area contributed by atoms with Crippen LogP contribution in [-0.4, -0.2) is 17.3 Å². The van der Waals surface area contributed by atoms with Crippen molar-refractivity contribution in [3.05, 3.63) is 0 Å². The molecule has 0 spiro atoms. The molecular formula is C3H9O2PS. The van der Waals surface area contributed by atoms with Crippen molar-refractivity contribution >= 4 is 21.7 Å². The van der Waals surface area contributed by atoms with Crippen molar-refractivity contribution in [2.45, 2.75) is 6.42 Å². The average Bonchev–Trinajstić information content (AvgIpc) is 1.69. The highest BCUT2D eigenvalue weighted by Crippen LogP contribution is 2.02. The molecule has 0 aliphatic rings. The molecule has 7 heavy (non-hydrogen) atoms. The molecule has 0 aromatic rings. The number of rotatable bonds is 4. The Morgan fingerprint density at radius 1 is 1.71 bits per heavy atom. The predicted octanol–water partition coefficient (Wildman–Crippen LogP) is 0.824. The van der Waals surface area contributed by atoms with E-state index in [9.17, 15) is 0 Å². The highest BCUT2D eigenvalue weighted by atomic mass is 32.1. The van der Waals surface area contributed by atoms with Crippen molar-refractivity contribution in [2.24, 2.45) is 0 Å². The summed E-state index contributed by atoms with van der Waals surface area (Å²) in [4.78, 5) is 8.07. The summed E-state index contributed by atoms with van der Waals surface area (Å²) >= 11 is 3.93. The van der Waals surface area contributed by atoms with Gasteiger partial charge in [0.05, 0.1) is 6.61 Å². The summed E-state index contributed by atoms with van der Waals surface area (Å²) in [6.45, 7) is 0.623. The third-order valence-corrected chi connectivity index (χ3v) is 1.12. The fourth-order valence-corrected chi connectivity index (χ4v) is 0.547. The van der Waals surface area contributed by atoms with Crippen LogP contribution >= 0.6 is 21.7 Å². The van der Waals surface area contributed by atoms with Crippen molar-refractivity contribution < 1.29 is 9.42 Å².